The molecule has 0 aliphatic heterocycles. The van der Waals surface area contributed by atoms with Gasteiger partial charge in [0.05, 0.1) is 0 Å². The number of aryl methyl sites for hydroxylation is 3. The number of allylic oxidation sites excluding steroid dienone is 2. The molecular weight excluding hydrogens is 250 g/mol. The molecule has 0 bridgehead atoms. The maximum absolute atomic E-state index is 9.14. The molecule has 20 heavy (non-hydrogen) atoms. The van der Waals surface area contributed by atoms with E-state index in [-0.39, 0.29) is 5.89 Å². The standard InChI is InChI=1S/C16H17N3O/c1-9(2)13(8-17)16-18-15(19-20-16)14-11(4)6-10(3)7-12(14)5/h6-7H,1-5H3. The van der Waals surface area contributed by atoms with E-state index < -0.39 is 0 Å². The van der Waals surface area contributed by atoms with Crippen molar-refractivity contribution in [2.45, 2.75) is 34.6 Å². The van der Waals surface area contributed by atoms with Crippen LogP contribution in [0.15, 0.2) is 22.2 Å². The molecule has 0 radical (unpaired) electrons. The molecule has 2 rings (SSSR count). The summed E-state index contributed by atoms with van der Waals surface area (Å²) < 4.78 is 5.23. The summed E-state index contributed by atoms with van der Waals surface area (Å²) in [5, 5.41) is 13.2. The van der Waals surface area contributed by atoms with Gasteiger partial charge in [-0.05, 0) is 45.7 Å². The molecule has 0 saturated carbocycles. The summed E-state index contributed by atoms with van der Waals surface area (Å²) in [6.45, 7) is 9.81. The largest absolute Gasteiger partial charge is 0.333 e. The molecule has 0 unspecified atom stereocenters. The Hall–Kier alpha value is -2.41. The zero-order chi connectivity index (χ0) is 14.9. The lowest BCUT2D eigenvalue weighted by atomic mass is 9.99. The Labute approximate surface area is 118 Å². The Morgan fingerprint density at radius 3 is 2.25 bits per heavy atom. The van der Waals surface area contributed by atoms with Gasteiger partial charge in [0, 0.05) is 5.56 Å². The molecule has 0 saturated heterocycles. The molecule has 0 aliphatic carbocycles. The van der Waals surface area contributed by atoms with E-state index in [0.29, 0.717) is 11.4 Å². The van der Waals surface area contributed by atoms with Gasteiger partial charge in [-0.2, -0.15) is 10.2 Å². The summed E-state index contributed by atoms with van der Waals surface area (Å²) in [6.07, 6.45) is 0. The number of hydrogen-bond acceptors (Lipinski definition) is 4. The van der Waals surface area contributed by atoms with Gasteiger partial charge in [-0.1, -0.05) is 28.4 Å². The highest BCUT2D eigenvalue weighted by molar-refractivity contribution is 5.75. The SMILES string of the molecule is CC(C)=C(C#N)c1nc(-c2c(C)cc(C)cc2C)no1. The van der Waals surface area contributed by atoms with Gasteiger partial charge in [0.1, 0.15) is 11.6 Å². The van der Waals surface area contributed by atoms with Crippen LogP contribution in [-0.4, -0.2) is 10.1 Å². The zero-order valence-electron chi connectivity index (χ0n) is 12.4. The molecule has 1 aromatic heterocycles. The topological polar surface area (TPSA) is 62.7 Å². The molecule has 2 aromatic rings. The highest BCUT2D eigenvalue weighted by Gasteiger charge is 2.16. The van der Waals surface area contributed by atoms with E-state index in [1.54, 1.807) is 0 Å². The zero-order valence-corrected chi connectivity index (χ0v) is 12.4. The molecule has 0 amide bonds. The second kappa shape index (κ2) is 5.30. The third-order valence-corrected chi connectivity index (χ3v) is 3.15. The van der Waals surface area contributed by atoms with Gasteiger partial charge in [0.25, 0.3) is 5.89 Å². The van der Waals surface area contributed by atoms with Gasteiger partial charge < -0.3 is 4.52 Å². The van der Waals surface area contributed by atoms with E-state index in [1.165, 1.54) is 5.56 Å². The Morgan fingerprint density at radius 1 is 1.15 bits per heavy atom. The summed E-state index contributed by atoms with van der Waals surface area (Å²) in [5.41, 5.74) is 5.67. The Bertz CT molecular complexity index is 705. The fourth-order valence-electron chi connectivity index (χ4n) is 2.33. The lowest BCUT2D eigenvalue weighted by molar-refractivity contribution is 0.409. The summed E-state index contributed by atoms with van der Waals surface area (Å²) >= 11 is 0. The number of nitriles is 1. The number of hydrogen-bond donors (Lipinski definition) is 0. The van der Waals surface area contributed by atoms with Crippen molar-refractivity contribution in [2.24, 2.45) is 0 Å². The molecular formula is C16H17N3O. The lowest BCUT2D eigenvalue weighted by Crippen LogP contribution is -1.92. The van der Waals surface area contributed by atoms with Crippen LogP contribution in [-0.2, 0) is 0 Å². The predicted octanol–water partition coefficient (Wildman–Crippen LogP) is 3.98. The molecule has 0 spiro atoms. The molecule has 0 aliphatic rings. The molecule has 1 aromatic carbocycles. The van der Waals surface area contributed by atoms with E-state index in [1.807, 2.05) is 27.7 Å². The van der Waals surface area contributed by atoms with Crippen molar-refractivity contribution in [1.29, 1.82) is 5.26 Å². The van der Waals surface area contributed by atoms with Crippen molar-refractivity contribution in [1.82, 2.24) is 10.1 Å². The maximum atomic E-state index is 9.14. The average Bonchev–Trinajstić information content (AvgIpc) is 2.77. The van der Waals surface area contributed by atoms with Crippen LogP contribution < -0.4 is 0 Å². The van der Waals surface area contributed by atoms with Crippen LogP contribution in [0.4, 0.5) is 0 Å². The van der Waals surface area contributed by atoms with Gasteiger partial charge in [-0.3, -0.25) is 0 Å². The first-order valence-corrected chi connectivity index (χ1v) is 6.44. The van der Waals surface area contributed by atoms with Crippen LogP contribution in [0.3, 0.4) is 0 Å². The molecule has 0 atom stereocenters. The van der Waals surface area contributed by atoms with Gasteiger partial charge in [-0.25, -0.2) is 0 Å². The number of aromatic nitrogens is 2. The fraction of sp³-hybridized carbons (Fsp3) is 0.312. The summed E-state index contributed by atoms with van der Waals surface area (Å²) in [7, 11) is 0. The van der Waals surface area contributed by atoms with E-state index >= 15 is 0 Å². The first kappa shape index (κ1) is 14.0. The molecule has 4 heteroatoms. The van der Waals surface area contributed by atoms with E-state index in [2.05, 4.69) is 35.3 Å². The highest BCUT2D eigenvalue weighted by atomic mass is 16.5. The van der Waals surface area contributed by atoms with Crippen molar-refractivity contribution in [3.63, 3.8) is 0 Å². The summed E-state index contributed by atoms with van der Waals surface area (Å²) in [6, 6.07) is 6.28. The minimum Gasteiger partial charge on any atom is -0.333 e. The molecule has 4 nitrogen and oxygen atoms in total. The minimum atomic E-state index is 0.280. The number of nitrogens with zero attached hydrogens (tertiary/aromatic N) is 3. The predicted molar refractivity (Wildman–Crippen MR) is 77.8 cm³/mol. The highest BCUT2D eigenvalue weighted by Crippen LogP contribution is 2.27. The first-order valence-electron chi connectivity index (χ1n) is 6.44. The molecule has 0 fully saturated rings. The molecule has 0 N–H and O–H groups in total. The molecule has 102 valence electrons. The Kier molecular flexibility index (Phi) is 3.71. The number of rotatable bonds is 2. The maximum Gasteiger partial charge on any atom is 0.268 e. The van der Waals surface area contributed by atoms with Gasteiger partial charge in [-0.15, -0.1) is 0 Å². The van der Waals surface area contributed by atoms with Crippen molar-refractivity contribution in [2.75, 3.05) is 0 Å². The van der Waals surface area contributed by atoms with Gasteiger partial charge in [0.2, 0.25) is 5.82 Å². The van der Waals surface area contributed by atoms with Gasteiger partial charge in [0.15, 0.2) is 0 Å². The van der Waals surface area contributed by atoms with Crippen LogP contribution in [0.2, 0.25) is 0 Å². The van der Waals surface area contributed by atoms with E-state index in [9.17, 15) is 0 Å². The smallest absolute Gasteiger partial charge is 0.268 e. The third-order valence-electron chi connectivity index (χ3n) is 3.15. The second-order valence-electron chi connectivity index (χ2n) is 5.18. The fourth-order valence-corrected chi connectivity index (χ4v) is 2.33. The quantitative estimate of drug-likeness (QED) is 0.772. The second-order valence-corrected chi connectivity index (χ2v) is 5.18. The van der Waals surface area contributed by atoms with Crippen LogP contribution in [0.25, 0.3) is 17.0 Å². The minimum absolute atomic E-state index is 0.280. The third kappa shape index (κ3) is 2.48. The normalized spacial score (nSPS) is 10.2. The van der Waals surface area contributed by atoms with Gasteiger partial charge >= 0.3 is 0 Å². The van der Waals surface area contributed by atoms with Crippen LogP contribution >= 0.6 is 0 Å². The van der Waals surface area contributed by atoms with E-state index in [4.69, 9.17) is 9.78 Å². The average molecular weight is 267 g/mol. The van der Waals surface area contributed by atoms with Crippen molar-refractivity contribution in [3.05, 3.63) is 40.3 Å². The summed E-state index contributed by atoms with van der Waals surface area (Å²) in [4.78, 5) is 4.37. The number of benzene rings is 1. The lowest BCUT2D eigenvalue weighted by Gasteiger charge is -2.06. The van der Waals surface area contributed by atoms with Crippen molar-refractivity contribution >= 4 is 5.57 Å². The van der Waals surface area contributed by atoms with Crippen molar-refractivity contribution < 1.29 is 4.52 Å². The Balaban J connectivity index is 2.56. The van der Waals surface area contributed by atoms with E-state index in [0.717, 1.165) is 22.3 Å². The summed E-state index contributed by atoms with van der Waals surface area (Å²) in [5.74, 6) is 0.811. The van der Waals surface area contributed by atoms with Crippen LogP contribution in [0, 0.1) is 32.1 Å². The molecule has 1 heterocycles. The Morgan fingerprint density at radius 2 is 1.75 bits per heavy atom. The van der Waals surface area contributed by atoms with Crippen molar-refractivity contribution in [3.8, 4) is 17.5 Å². The van der Waals surface area contributed by atoms with Crippen LogP contribution in [0.1, 0.15) is 36.4 Å². The van der Waals surface area contributed by atoms with Crippen LogP contribution in [0.5, 0.6) is 0 Å². The first-order chi connectivity index (χ1) is 9.43. The monoisotopic (exact) mass is 267 g/mol.